The van der Waals surface area contributed by atoms with Crippen LogP contribution in [0.5, 0.6) is 0 Å². The summed E-state index contributed by atoms with van der Waals surface area (Å²) in [5, 5.41) is 17.1. The molecule has 0 N–H and O–H groups in total. The highest BCUT2D eigenvalue weighted by Gasteiger charge is 2.28. The van der Waals surface area contributed by atoms with Gasteiger partial charge in [-0.3, -0.25) is 0 Å². The molecule has 1 amide bonds. The minimum absolute atomic E-state index is 0.131. The zero-order chi connectivity index (χ0) is 19.3. The fourth-order valence-corrected chi connectivity index (χ4v) is 3.69. The van der Waals surface area contributed by atoms with Gasteiger partial charge in [-0.2, -0.15) is 9.94 Å². The first-order chi connectivity index (χ1) is 13.7. The highest BCUT2D eigenvalue weighted by atomic mass is 16.2. The maximum Gasteiger partial charge on any atom is 0.346 e. The van der Waals surface area contributed by atoms with Crippen molar-refractivity contribution in [2.24, 2.45) is 0 Å². The van der Waals surface area contributed by atoms with Crippen LogP contribution in [0.15, 0.2) is 60.8 Å². The fraction of sp³-hybridized carbons (Fsp3) is 0.273. The van der Waals surface area contributed by atoms with Crippen LogP contribution in [0.3, 0.4) is 0 Å². The number of rotatable bonds is 3. The maximum absolute atomic E-state index is 13.1. The monoisotopic (exact) mass is 371 g/mol. The van der Waals surface area contributed by atoms with E-state index in [2.05, 4.69) is 28.5 Å². The first kappa shape index (κ1) is 17.9. The van der Waals surface area contributed by atoms with E-state index in [4.69, 9.17) is 5.26 Å². The number of benzene rings is 2. The van der Waals surface area contributed by atoms with Gasteiger partial charge in [0.05, 0.1) is 17.8 Å². The Labute approximate surface area is 164 Å². The van der Waals surface area contributed by atoms with Crippen LogP contribution in [0.1, 0.15) is 30.4 Å². The highest BCUT2D eigenvalue weighted by Crippen LogP contribution is 2.22. The van der Waals surface area contributed by atoms with E-state index in [1.807, 2.05) is 35.2 Å². The molecule has 2 heterocycles. The Morgan fingerprint density at radius 2 is 1.89 bits per heavy atom. The summed E-state index contributed by atoms with van der Waals surface area (Å²) in [5.41, 5.74) is 3.28. The molecule has 1 aliphatic rings. The van der Waals surface area contributed by atoms with Crippen LogP contribution in [-0.2, 0) is 6.42 Å². The third kappa shape index (κ3) is 3.79. The number of nitriles is 1. The van der Waals surface area contributed by atoms with E-state index >= 15 is 0 Å². The molecule has 1 saturated heterocycles. The Kier molecular flexibility index (Phi) is 5.16. The summed E-state index contributed by atoms with van der Waals surface area (Å²) < 4.78 is 1.33. The van der Waals surface area contributed by atoms with E-state index in [1.54, 1.807) is 18.3 Å². The summed E-state index contributed by atoms with van der Waals surface area (Å²) in [6.07, 6.45) is 5.66. The number of carbonyl (C=O) groups excluding carboxylic acids is 1. The van der Waals surface area contributed by atoms with Gasteiger partial charge in [-0.1, -0.05) is 47.7 Å². The van der Waals surface area contributed by atoms with Gasteiger partial charge in [-0.25, -0.2) is 4.79 Å². The summed E-state index contributed by atoms with van der Waals surface area (Å²) in [6.45, 7) is 0.738. The number of nitrogens with zero attached hydrogens (tertiary/aromatic N) is 5. The lowest BCUT2D eigenvalue weighted by molar-refractivity contribution is 0.149. The second-order valence-corrected chi connectivity index (χ2v) is 7.05. The first-order valence-corrected chi connectivity index (χ1v) is 9.52. The van der Waals surface area contributed by atoms with Crippen molar-refractivity contribution in [2.75, 3.05) is 6.54 Å². The van der Waals surface area contributed by atoms with Gasteiger partial charge in [-0.15, -0.1) is 5.10 Å². The zero-order valence-electron chi connectivity index (χ0n) is 15.5. The molecule has 1 atom stereocenters. The SMILES string of the molecule is N#Cc1ccc(-c2cn(C(=O)N3CCCCC3Cc3ccccc3)nn2)cc1. The fourth-order valence-electron chi connectivity index (χ4n) is 3.69. The molecule has 0 radical (unpaired) electrons. The van der Waals surface area contributed by atoms with E-state index in [9.17, 15) is 4.79 Å². The number of hydrogen-bond donors (Lipinski definition) is 0. The molecule has 0 saturated carbocycles. The van der Waals surface area contributed by atoms with Crippen LogP contribution in [0.25, 0.3) is 11.3 Å². The largest absolute Gasteiger partial charge is 0.346 e. The van der Waals surface area contributed by atoms with Gasteiger partial charge >= 0.3 is 6.03 Å². The average molecular weight is 371 g/mol. The van der Waals surface area contributed by atoms with Crippen molar-refractivity contribution in [1.29, 1.82) is 5.26 Å². The molecule has 0 spiro atoms. The second kappa shape index (κ2) is 8.05. The molecular formula is C22H21N5O. The van der Waals surface area contributed by atoms with Gasteiger partial charge < -0.3 is 4.90 Å². The van der Waals surface area contributed by atoms with Crippen molar-refractivity contribution in [3.63, 3.8) is 0 Å². The Bertz CT molecular complexity index is 988. The van der Waals surface area contributed by atoms with Crippen LogP contribution < -0.4 is 0 Å². The van der Waals surface area contributed by atoms with Gasteiger partial charge in [0.15, 0.2) is 0 Å². The summed E-state index contributed by atoms with van der Waals surface area (Å²) in [7, 11) is 0. The lowest BCUT2D eigenvalue weighted by Crippen LogP contribution is -2.46. The number of aromatic nitrogens is 3. The summed E-state index contributed by atoms with van der Waals surface area (Å²) >= 11 is 0. The Hall–Kier alpha value is -3.46. The van der Waals surface area contributed by atoms with E-state index in [1.165, 1.54) is 10.2 Å². The molecule has 1 aliphatic heterocycles. The molecule has 6 nitrogen and oxygen atoms in total. The molecule has 1 aromatic heterocycles. The number of carbonyl (C=O) groups is 1. The Morgan fingerprint density at radius 3 is 2.64 bits per heavy atom. The minimum atomic E-state index is -0.131. The van der Waals surface area contributed by atoms with Gasteiger partial charge in [0.2, 0.25) is 0 Å². The lowest BCUT2D eigenvalue weighted by Gasteiger charge is -2.35. The third-order valence-electron chi connectivity index (χ3n) is 5.19. The summed E-state index contributed by atoms with van der Waals surface area (Å²) in [6, 6.07) is 19.5. The third-order valence-corrected chi connectivity index (χ3v) is 5.19. The lowest BCUT2D eigenvalue weighted by atomic mass is 9.96. The number of likely N-dealkylation sites (tertiary alicyclic amines) is 1. The van der Waals surface area contributed by atoms with Crippen molar-refractivity contribution in [3.8, 4) is 17.3 Å². The predicted octanol–water partition coefficient (Wildman–Crippen LogP) is 3.88. The summed E-state index contributed by atoms with van der Waals surface area (Å²) in [5.74, 6) is 0. The second-order valence-electron chi connectivity index (χ2n) is 7.05. The molecule has 1 unspecified atom stereocenters. The van der Waals surface area contributed by atoms with Crippen LogP contribution in [0, 0.1) is 11.3 Å². The molecule has 6 heteroatoms. The molecule has 140 valence electrons. The maximum atomic E-state index is 13.1. The Morgan fingerprint density at radius 1 is 1.11 bits per heavy atom. The average Bonchev–Trinajstić information content (AvgIpc) is 3.25. The molecule has 4 rings (SSSR count). The quantitative estimate of drug-likeness (QED) is 0.700. The highest BCUT2D eigenvalue weighted by molar-refractivity contribution is 5.77. The molecule has 0 bridgehead atoms. The van der Waals surface area contributed by atoms with Gasteiger partial charge in [0.1, 0.15) is 5.69 Å². The van der Waals surface area contributed by atoms with Crippen molar-refractivity contribution in [3.05, 3.63) is 71.9 Å². The standard InChI is InChI=1S/C22H21N5O/c23-15-18-9-11-19(12-10-18)21-16-27(25-24-21)22(28)26-13-5-4-8-20(26)14-17-6-2-1-3-7-17/h1-3,6-7,9-12,16,20H,4-5,8,13-14H2. The van der Waals surface area contributed by atoms with Gasteiger partial charge in [0.25, 0.3) is 0 Å². The van der Waals surface area contributed by atoms with Crippen molar-refractivity contribution in [1.82, 2.24) is 19.9 Å². The first-order valence-electron chi connectivity index (χ1n) is 9.52. The van der Waals surface area contributed by atoms with Crippen molar-refractivity contribution < 1.29 is 4.79 Å². The van der Waals surface area contributed by atoms with Gasteiger partial charge in [0, 0.05) is 18.2 Å². The van der Waals surface area contributed by atoms with E-state index in [-0.39, 0.29) is 12.1 Å². The number of amides is 1. The van der Waals surface area contributed by atoms with Crippen LogP contribution in [-0.4, -0.2) is 38.5 Å². The topological polar surface area (TPSA) is 74.8 Å². The van der Waals surface area contributed by atoms with E-state index in [0.29, 0.717) is 11.3 Å². The molecule has 3 aromatic rings. The zero-order valence-corrected chi connectivity index (χ0v) is 15.5. The number of piperidine rings is 1. The Balaban J connectivity index is 1.52. The molecular weight excluding hydrogens is 350 g/mol. The normalized spacial score (nSPS) is 16.5. The summed E-state index contributed by atoms with van der Waals surface area (Å²) in [4.78, 5) is 15.0. The van der Waals surface area contributed by atoms with Crippen LogP contribution in [0.4, 0.5) is 4.79 Å². The van der Waals surface area contributed by atoms with E-state index in [0.717, 1.165) is 37.8 Å². The van der Waals surface area contributed by atoms with Crippen molar-refractivity contribution in [2.45, 2.75) is 31.7 Å². The molecule has 1 fully saturated rings. The van der Waals surface area contributed by atoms with Crippen LogP contribution >= 0.6 is 0 Å². The smallest absolute Gasteiger partial charge is 0.320 e. The van der Waals surface area contributed by atoms with E-state index < -0.39 is 0 Å². The molecule has 0 aliphatic carbocycles. The van der Waals surface area contributed by atoms with Crippen molar-refractivity contribution >= 4 is 6.03 Å². The number of hydrogen-bond acceptors (Lipinski definition) is 4. The molecule has 28 heavy (non-hydrogen) atoms. The minimum Gasteiger partial charge on any atom is -0.320 e. The van der Waals surface area contributed by atoms with Gasteiger partial charge in [-0.05, 0) is 43.4 Å². The van der Waals surface area contributed by atoms with Crippen LogP contribution in [0.2, 0.25) is 0 Å². The molecule has 2 aromatic carbocycles. The predicted molar refractivity (Wildman–Crippen MR) is 105 cm³/mol.